The molecular weight excluding hydrogens is 487 g/mol. The van der Waals surface area contributed by atoms with Crippen molar-refractivity contribution in [3.8, 4) is 0 Å². The van der Waals surface area contributed by atoms with Crippen LogP contribution in [-0.4, -0.2) is 21.1 Å². The third kappa shape index (κ3) is 18.1. The molecule has 0 nitrogen and oxygen atoms in total. The van der Waals surface area contributed by atoms with E-state index in [1.807, 2.05) is 11.3 Å². The molecule has 0 aliphatic rings. The molecule has 1 heterocycles. The number of hydrogen-bond donors (Lipinski definition) is 0. The van der Waals surface area contributed by atoms with E-state index < -0.39 is 0 Å². The van der Waals surface area contributed by atoms with Gasteiger partial charge in [0.2, 0.25) is 0 Å². The van der Waals surface area contributed by atoms with E-state index in [2.05, 4.69) is 31.4 Å². The molecule has 1 unspecified atom stereocenters. The van der Waals surface area contributed by atoms with Gasteiger partial charge in [-0.05, 0) is 0 Å². The quantitative estimate of drug-likeness (QED) is 0.0959. The van der Waals surface area contributed by atoms with Gasteiger partial charge in [0.25, 0.3) is 0 Å². The van der Waals surface area contributed by atoms with Crippen LogP contribution < -0.4 is 2.89 Å². The summed E-state index contributed by atoms with van der Waals surface area (Å²) in [6.45, 7) is 4.63. The van der Waals surface area contributed by atoms with Crippen LogP contribution in [0.25, 0.3) is 0 Å². The van der Waals surface area contributed by atoms with Crippen molar-refractivity contribution >= 4 is 35.4 Å². The summed E-state index contributed by atoms with van der Waals surface area (Å²) in [5.41, 5.74) is 0. The van der Waals surface area contributed by atoms with E-state index in [0.29, 0.717) is 0 Å². The molecule has 1 aromatic rings. The molecule has 1 aromatic heterocycles. The van der Waals surface area contributed by atoms with Gasteiger partial charge in [0.05, 0.1) is 0 Å². The molecule has 0 saturated carbocycles. The number of hydrogen-bond acceptors (Lipinski definition) is 1. The first-order valence-corrected chi connectivity index (χ1v) is 18.0. The maximum absolute atomic E-state index is 2.41. The summed E-state index contributed by atoms with van der Waals surface area (Å²) in [6.07, 6.45) is 29.4. The molecule has 2 heteroatoms. The van der Waals surface area contributed by atoms with Crippen LogP contribution in [0.2, 0.25) is 4.44 Å². The fourth-order valence-corrected chi connectivity index (χ4v) is 10.0. The van der Waals surface area contributed by atoms with Gasteiger partial charge in [-0.25, -0.2) is 0 Å². The minimum absolute atomic E-state index is 0.307. The zero-order chi connectivity index (χ0) is 21.5. The summed E-state index contributed by atoms with van der Waals surface area (Å²) < 4.78 is 3.36. The first kappa shape index (κ1) is 28.5. The van der Waals surface area contributed by atoms with Gasteiger partial charge in [-0.3, -0.25) is 0 Å². The van der Waals surface area contributed by atoms with Gasteiger partial charge in [-0.2, -0.15) is 0 Å². The van der Waals surface area contributed by atoms with Crippen LogP contribution in [0.4, 0.5) is 0 Å². The molecule has 30 heavy (non-hydrogen) atoms. The molecule has 0 N–H and O–H groups in total. The van der Waals surface area contributed by atoms with Crippen molar-refractivity contribution in [1.82, 2.24) is 0 Å². The summed E-state index contributed by atoms with van der Waals surface area (Å²) in [5, 5.41) is 2.28. The van der Waals surface area contributed by atoms with E-state index in [1.165, 1.54) is 128 Å². The molecule has 0 amide bonds. The Balaban J connectivity index is 2.08. The molecule has 1 rings (SSSR count). The molecule has 0 aliphatic carbocycles. The SMILES string of the molecule is CCCCCCCCCCCCC(CCCCCCCCCC)[CH2][Sn][c]1cccs1. The summed E-state index contributed by atoms with van der Waals surface area (Å²) >= 11 is 1.72. The molecule has 1 atom stereocenters. The zero-order valence-electron chi connectivity index (χ0n) is 20.6. The van der Waals surface area contributed by atoms with Crippen LogP contribution in [0.3, 0.4) is 0 Å². The molecular formula is C28H52SSn. The van der Waals surface area contributed by atoms with Crippen LogP contribution >= 0.6 is 11.3 Å². The molecule has 0 aromatic carbocycles. The molecule has 0 spiro atoms. The maximum atomic E-state index is 2.41. The van der Waals surface area contributed by atoms with Gasteiger partial charge in [-0.1, -0.05) is 13.3 Å². The predicted octanol–water partition coefficient (Wildman–Crippen LogP) is 9.95. The predicted molar refractivity (Wildman–Crippen MR) is 142 cm³/mol. The van der Waals surface area contributed by atoms with Crippen molar-refractivity contribution in [3.63, 3.8) is 0 Å². The van der Waals surface area contributed by atoms with Gasteiger partial charge in [0, 0.05) is 0 Å². The topological polar surface area (TPSA) is 0 Å². The molecule has 0 bridgehead atoms. The Labute approximate surface area is 204 Å². The average molecular weight is 540 g/mol. The normalized spacial score (nSPS) is 12.5. The number of rotatable bonds is 23. The summed E-state index contributed by atoms with van der Waals surface area (Å²) in [5.74, 6) is 1.05. The third-order valence-corrected chi connectivity index (χ3v) is 12.9. The summed E-state index contributed by atoms with van der Waals surface area (Å²) in [6, 6.07) is 4.67. The van der Waals surface area contributed by atoms with Crippen molar-refractivity contribution in [1.29, 1.82) is 0 Å². The Morgan fingerprint density at radius 1 is 0.633 bits per heavy atom. The molecule has 174 valence electrons. The van der Waals surface area contributed by atoms with E-state index in [4.69, 9.17) is 0 Å². The van der Waals surface area contributed by atoms with Crippen molar-refractivity contribution < 1.29 is 0 Å². The molecule has 0 fully saturated rings. The third-order valence-electron chi connectivity index (χ3n) is 6.52. The second kappa shape index (κ2) is 22.7. The van der Waals surface area contributed by atoms with Crippen molar-refractivity contribution in [2.24, 2.45) is 5.92 Å². The van der Waals surface area contributed by atoms with Crippen molar-refractivity contribution in [3.05, 3.63) is 17.5 Å². The minimum atomic E-state index is -0.307. The molecule has 0 aliphatic heterocycles. The Morgan fingerprint density at radius 3 is 1.47 bits per heavy atom. The second-order valence-corrected chi connectivity index (χ2v) is 15.2. The van der Waals surface area contributed by atoms with Crippen molar-refractivity contribution in [2.45, 2.75) is 147 Å². The zero-order valence-corrected chi connectivity index (χ0v) is 24.2. The monoisotopic (exact) mass is 540 g/mol. The van der Waals surface area contributed by atoms with Gasteiger partial charge >= 0.3 is 192 Å². The first-order chi connectivity index (χ1) is 14.9. The fourth-order valence-electron chi connectivity index (χ4n) is 4.46. The van der Waals surface area contributed by atoms with E-state index >= 15 is 0 Å². The van der Waals surface area contributed by atoms with Crippen molar-refractivity contribution in [2.75, 3.05) is 0 Å². The van der Waals surface area contributed by atoms with Crippen LogP contribution in [0, 0.1) is 5.92 Å². The number of thiophene rings is 1. The van der Waals surface area contributed by atoms with E-state index in [0.717, 1.165) is 5.92 Å². The summed E-state index contributed by atoms with van der Waals surface area (Å²) in [7, 11) is 0. The Morgan fingerprint density at radius 2 is 1.07 bits per heavy atom. The Hall–Kier alpha value is 0.499. The molecule has 2 radical (unpaired) electrons. The Bertz CT molecular complexity index is 428. The summed E-state index contributed by atoms with van der Waals surface area (Å²) in [4.78, 5) is 0. The number of unbranched alkanes of at least 4 members (excludes halogenated alkanes) is 16. The van der Waals surface area contributed by atoms with E-state index in [-0.39, 0.29) is 21.1 Å². The van der Waals surface area contributed by atoms with Gasteiger partial charge in [0.15, 0.2) is 0 Å². The fraction of sp³-hybridized carbons (Fsp3) is 0.857. The van der Waals surface area contributed by atoms with Gasteiger partial charge in [0.1, 0.15) is 0 Å². The standard InChI is InChI=1S/C24H49.C4H3S.Sn/c1-4-6-8-10-12-14-15-17-19-21-23-24(3)22-20-18-16-13-11-9-7-5-2;1-2-4-5-3-1;/h24H,3-23H2,1-2H3;1-3H;. The van der Waals surface area contributed by atoms with Crippen LogP contribution in [-0.2, 0) is 0 Å². The second-order valence-electron chi connectivity index (χ2n) is 9.46. The van der Waals surface area contributed by atoms with Crippen LogP contribution in [0.5, 0.6) is 0 Å². The van der Waals surface area contributed by atoms with Crippen LogP contribution in [0.15, 0.2) is 17.5 Å². The van der Waals surface area contributed by atoms with Gasteiger partial charge in [-0.15, -0.1) is 0 Å². The first-order valence-electron chi connectivity index (χ1n) is 13.6. The molecule has 0 saturated heterocycles. The Kier molecular flexibility index (Phi) is 21.6. The average Bonchev–Trinajstić information content (AvgIpc) is 3.28. The van der Waals surface area contributed by atoms with Crippen LogP contribution in [0.1, 0.15) is 142 Å². The van der Waals surface area contributed by atoms with Gasteiger partial charge < -0.3 is 0 Å². The van der Waals surface area contributed by atoms with E-state index in [9.17, 15) is 0 Å². The van der Waals surface area contributed by atoms with E-state index in [1.54, 1.807) is 7.33 Å².